The molecular formula is C15H20N2O2. The molecule has 102 valence electrons. The predicted octanol–water partition coefficient (Wildman–Crippen LogP) is 2.61. The summed E-state index contributed by atoms with van der Waals surface area (Å²) in [5.74, 6) is 0.850. The average Bonchev–Trinajstić information content (AvgIpc) is 2.82. The molecule has 2 unspecified atom stereocenters. The maximum atomic E-state index is 11.7. The summed E-state index contributed by atoms with van der Waals surface area (Å²) in [6.45, 7) is 6.40. The van der Waals surface area contributed by atoms with E-state index in [0.717, 1.165) is 16.7 Å². The molecule has 0 aliphatic rings. The zero-order valence-corrected chi connectivity index (χ0v) is 11.6. The lowest BCUT2D eigenvalue weighted by Crippen LogP contribution is -2.42. The molecule has 2 atom stereocenters. The normalized spacial score (nSPS) is 14.3. The number of nitrogens with one attached hydrogen (secondary N) is 2. The lowest BCUT2D eigenvalue weighted by atomic mass is 10.2. The smallest absolute Gasteiger partial charge is 0.236 e. The van der Waals surface area contributed by atoms with Crippen LogP contribution in [0.4, 0.5) is 0 Å². The summed E-state index contributed by atoms with van der Waals surface area (Å²) in [5, 5.41) is 7.11. The molecular weight excluding hydrogens is 240 g/mol. The number of hydrogen-bond donors (Lipinski definition) is 2. The van der Waals surface area contributed by atoms with Crippen molar-refractivity contribution < 1.29 is 9.21 Å². The van der Waals surface area contributed by atoms with Gasteiger partial charge in [-0.1, -0.05) is 18.2 Å². The van der Waals surface area contributed by atoms with Crippen molar-refractivity contribution in [1.82, 2.24) is 10.6 Å². The zero-order valence-electron chi connectivity index (χ0n) is 11.6. The molecule has 0 saturated heterocycles. The molecule has 1 heterocycles. The Hall–Kier alpha value is -1.81. The Morgan fingerprint density at radius 1 is 1.32 bits per heavy atom. The van der Waals surface area contributed by atoms with Crippen molar-refractivity contribution >= 4 is 16.9 Å². The highest BCUT2D eigenvalue weighted by molar-refractivity contribution is 5.81. The molecule has 0 radical (unpaired) electrons. The van der Waals surface area contributed by atoms with E-state index in [1.807, 2.05) is 51.1 Å². The van der Waals surface area contributed by atoms with Crippen LogP contribution < -0.4 is 10.6 Å². The van der Waals surface area contributed by atoms with Crippen LogP contribution in [-0.4, -0.2) is 18.5 Å². The van der Waals surface area contributed by atoms with E-state index >= 15 is 0 Å². The fourth-order valence-electron chi connectivity index (χ4n) is 2.08. The molecule has 19 heavy (non-hydrogen) atoms. The third kappa shape index (κ3) is 3.15. The van der Waals surface area contributed by atoms with Crippen molar-refractivity contribution in [1.29, 1.82) is 0 Å². The van der Waals surface area contributed by atoms with Crippen molar-refractivity contribution in [2.24, 2.45) is 0 Å². The van der Waals surface area contributed by atoms with E-state index in [1.54, 1.807) is 0 Å². The number of carbonyl (C=O) groups is 1. The van der Waals surface area contributed by atoms with Gasteiger partial charge in [-0.3, -0.25) is 10.1 Å². The van der Waals surface area contributed by atoms with E-state index in [-0.39, 0.29) is 18.0 Å². The molecule has 2 aromatic rings. The molecule has 1 amide bonds. The molecule has 0 bridgehead atoms. The number of amides is 1. The highest BCUT2D eigenvalue weighted by atomic mass is 16.3. The van der Waals surface area contributed by atoms with Crippen LogP contribution in [0.1, 0.15) is 32.6 Å². The quantitative estimate of drug-likeness (QED) is 0.869. The van der Waals surface area contributed by atoms with Crippen LogP contribution >= 0.6 is 0 Å². The highest BCUT2D eigenvalue weighted by Crippen LogP contribution is 2.23. The fourth-order valence-corrected chi connectivity index (χ4v) is 2.08. The van der Waals surface area contributed by atoms with Crippen molar-refractivity contribution in [3.63, 3.8) is 0 Å². The fraction of sp³-hybridized carbons (Fsp3) is 0.400. The van der Waals surface area contributed by atoms with E-state index in [4.69, 9.17) is 4.42 Å². The second-order valence-corrected chi connectivity index (χ2v) is 4.69. The van der Waals surface area contributed by atoms with Crippen LogP contribution in [0, 0.1) is 0 Å². The van der Waals surface area contributed by atoms with E-state index in [1.165, 1.54) is 0 Å². The van der Waals surface area contributed by atoms with Gasteiger partial charge in [0.15, 0.2) is 0 Å². The SMILES string of the molecule is CCNC(=O)C(C)NC(C)c1cc2ccccc2o1. The first-order valence-electron chi connectivity index (χ1n) is 6.64. The Morgan fingerprint density at radius 3 is 2.74 bits per heavy atom. The van der Waals surface area contributed by atoms with Gasteiger partial charge < -0.3 is 9.73 Å². The summed E-state index contributed by atoms with van der Waals surface area (Å²) in [4.78, 5) is 11.7. The number of para-hydroxylation sites is 1. The summed E-state index contributed by atoms with van der Waals surface area (Å²) in [7, 11) is 0. The van der Waals surface area contributed by atoms with Gasteiger partial charge in [-0.05, 0) is 32.9 Å². The summed E-state index contributed by atoms with van der Waals surface area (Å²) < 4.78 is 5.78. The van der Waals surface area contributed by atoms with Gasteiger partial charge in [0.2, 0.25) is 5.91 Å². The number of likely N-dealkylation sites (N-methyl/N-ethyl adjacent to an activating group) is 1. The zero-order chi connectivity index (χ0) is 13.8. The lowest BCUT2D eigenvalue weighted by Gasteiger charge is -2.17. The number of furan rings is 1. The third-order valence-electron chi connectivity index (χ3n) is 3.12. The Bertz CT molecular complexity index is 529. The molecule has 0 aliphatic carbocycles. The van der Waals surface area contributed by atoms with Crippen LogP contribution in [0.5, 0.6) is 0 Å². The summed E-state index contributed by atoms with van der Waals surface area (Å²) >= 11 is 0. The van der Waals surface area contributed by atoms with Gasteiger partial charge in [-0.2, -0.15) is 0 Å². The molecule has 0 aliphatic heterocycles. The Morgan fingerprint density at radius 2 is 2.05 bits per heavy atom. The van der Waals surface area contributed by atoms with Crippen LogP contribution in [0.3, 0.4) is 0 Å². The monoisotopic (exact) mass is 260 g/mol. The summed E-state index contributed by atoms with van der Waals surface area (Å²) in [5.41, 5.74) is 0.872. The van der Waals surface area contributed by atoms with Crippen LogP contribution in [0.2, 0.25) is 0 Å². The predicted molar refractivity (Wildman–Crippen MR) is 75.9 cm³/mol. The first kappa shape index (κ1) is 13.6. The topological polar surface area (TPSA) is 54.3 Å². The second kappa shape index (κ2) is 5.89. The number of rotatable bonds is 5. The van der Waals surface area contributed by atoms with Gasteiger partial charge in [-0.25, -0.2) is 0 Å². The van der Waals surface area contributed by atoms with Gasteiger partial charge in [0, 0.05) is 11.9 Å². The Labute approximate surface area is 113 Å². The first-order valence-corrected chi connectivity index (χ1v) is 6.64. The minimum atomic E-state index is -0.247. The summed E-state index contributed by atoms with van der Waals surface area (Å²) in [6.07, 6.45) is 0. The molecule has 2 rings (SSSR count). The van der Waals surface area contributed by atoms with Crippen LogP contribution in [0.15, 0.2) is 34.7 Å². The largest absolute Gasteiger partial charge is 0.459 e. The molecule has 1 aromatic heterocycles. The van der Waals surface area contributed by atoms with E-state index in [2.05, 4.69) is 10.6 Å². The average molecular weight is 260 g/mol. The third-order valence-corrected chi connectivity index (χ3v) is 3.12. The van der Waals surface area contributed by atoms with E-state index in [0.29, 0.717) is 6.54 Å². The van der Waals surface area contributed by atoms with Crippen LogP contribution in [-0.2, 0) is 4.79 Å². The summed E-state index contributed by atoms with van der Waals surface area (Å²) in [6, 6.07) is 9.65. The number of hydrogen-bond acceptors (Lipinski definition) is 3. The second-order valence-electron chi connectivity index (χ2n) is 4.69. The van der Waals surface area contributed by atoms with Gasteiger partial charge in [-0.15, -0.1) is 0 Å². The number of benzene rings is 1. The number of carbonyl (C=O) groups excluding carboxylic acids is 1. The van der Waals surface area contributed by atoms with Crippen molar-refractivity contribution in [3.8, 4) is 0 Å². The maximum absolute atomic E-state index is 11.7. The molecule has 0 spiro atoms. The Balaban J connectivity index is 2.07. The van der Waals surface area contributed by atoms with Gasteiger partial charge in [0.1, 0.15) is 11.3 Å². The molecule has 2 N–H and O–H groups in total. The molecule has 1 aromatic carbocycles. The number of fused-ring (bicyclic) bond motifs is 1. The minimum Gasteiger partial charge on any atom is -0.459 e. The van der Waals surface area contributed by atoms with Crippen molar-refractivity contribution in [2.75, 3.05) is 6.54 Å². The molecule has 4 nitrogen and oxygen atoms in total. The van der Waals surface area contributed by atoms with Crippen molar-refractivity contribution in [3.05, 3.63) is 36.1 Å². The standard InChI is InChI=1S/C15H20N2O2/c1-4-16-15(18)11(3)17-10(2)14-9-12-7-5-6-8-13(12)19-14/h5-11,17H,4H2,1-3H3,(H,16,18). The van der Waals surface area contributed by atoms with Gasteiger partial charge in [0.05, 0.1) is 12.1 Å². The van der Waals surface area contributed by atoms with Gasteiger partial charge >= 0.3 is 0 Å². The van der Waals surface area contributed by atoms with Crippen molar-refractivity contribution in [2.45, 2.75) is 32.9 Å². The molecule has 0 fully saturated rings. The minimum absolute atomic E-state index is 0.00506. The first-order chi connectivity index (χ1) is 9.11. The highest BCUT2D eigenvalue weighted by Gasteiger charge is 2.17. The molecule has 0 saturated carbocycles. The maximum Gasteiger partial charge on any atom is 0.236 e. The molecule has 4 heteroatoms. The van der Waals surface area contributed by atoms with Crippen LogP contribution in [0.25, 0.3) is 11.0 Å². The Kier molecular flexibility index (Phi) is 4.22. The van der Waals surface area contributed by atoms with E-state index in [9.17, 15) is 4.79 Å². The van der Waals surface area contributed by atoms with E-state index < -0.39 is 0 Å². The lowest BCUT2D eigenvalue weighted by molar-refractivity contribution is -0.122. The van der Waals surface area contributed by atoms with Gasteiger partial charge in [0.25, 0.3) is 0 Å².